The van der Waals surface area contributed by atoms with Crippen LogP contribution in [0.2, 0.25) is 0 Å². The van der Waals surface area contributed by atoms with Crippen molar-refractivity contribution in [2.75, 3.05) is 11.1 Å². The van der Waals surface area contributed by atoms with Crippen LogP contribution in [-0.2, 0) is 11.0 Å². The van der Waals surface area contributed by atoms with Crippen molar-refractivity contribution < 1.29 is 22.4 Å². The number of aromatic nitrogens is 3. The molecule has 0 atom stereocenters. The third-order valence-corrected chi connectivity index (χ3v) is 4.47. The molecule has 150 valence electrons. The zero-order valence-corrected chi connectivity index (χ0v) is 15.5. The molecule has 0 fully saturated rings. The first-order valence-electron chi connectivity index (χ1n) is 8.26. The van der Waals surface area contributed by atoms with Gasteiger partial charge in [-0.2, -0.15) is 13.2 Å². The molecule has 2 N–H and O–H groups in total. The average Bonchev–Trinajstić information content (AvgIpc) is 3.13. The van der Waals surface area contributed by atoms with Gasteiger partial charge >= 0.3 is 6.18 Å². The highest BCUT2D eigenvalue weighted by Gasteiger charge is 2.33. The molecule has 1 amide bonds. The molecule has 1 heterocycles. The van der Waals surface area contributed by atoms with Crippen LogP contribution in [0.4, 0.5) is 23.2 Å². The van der Waals surface area contributed by atoms with Crippen LogP contribution in [0.25, 0.3) is 12.2 Å². The van der Waals surface area contributed by atoms with Crippen molar-refractivity contribution in [3.8, 4) is 0 Å². The number of anilines is 1. The van der Waals surface area contributed by atoms with E-state index in [4.69, 9.17) is 0 Å². The van der Waals surface area contributed by atoms with Crippen molar-refractivity contribution in [1.29, 1.82) is 0 Å². The summed E-state index contributed by atoms with van der Waals surface area (Å²) < 4.78 is 51.8. The Balaban J connectivity index is 1.56. The maximum absolute atomic E-state index is 13.0. The number of carbonyl (C=O) groups is 1. The molecule has 3 rings (SSSR count). The summed E-state index contributed by atoms with van der Waals surface area (Å²) in [4.78, 5) is 16.2. The molecule has 0 bridgehead atoms. The Morgan fingerprint density at radius 1 is 1.10 bits per heavy atom. The third-order valence-electron chi connectivity index (χ3n) is 3.62. The predicted molar refractivity (Wildman–Crippen MR) is 103 cm³/mol. The minimum Gasteiger partial charge on any atom is -0.325 e. The quantitative estimate of drug-likeness (QED) is 0.440. The Morgan fingerprint density at radius 2 is 1.83 bits per heavy atom. The van der Waals surface area contributed by atoms with Crippen LogP contribution in [-0.4, -0.2) is 26.8 Å². The molecular formula is C19H14F4N4OS. The number of thioether (sulfide) groups is 1. The summed E-state index contributed by atoms with van der Waals surface area (Å²) in [5, 5.41) is 9.12. The number of amides is 1. The molecule has 1 aromatic heterocycles. The van der Waals surface area contributed by atoms with E-state index in [0.717, 1.165) is 23.4 Å². The molecule has 0 spiro atoms. The van der Waals surface area contributed by atoms with Crippen molar-refractivity contribution in [2.45, 2.75) is 11.3 Å². The molecule has 0 unspecified atom stereocenters. The Labute approximate surface area is 167 Å². The van der Waals surface area contributed by atoms with Crippen LogP contribution in [0.1, 0.15) is 17.0 Å². The number of benzene rings is 2. The SMILES string of the molecule is O=C(CSc1n[nH]c(/C=C/c2ccc(F)cc2)n1)Nc1ccccc1C(F)(F)F. The van der Waals surface area contributed by atoms with E-state index in [-0.39, 0.29) is 22.4 Å². The Hall–Kier alpha value is -3.14. The van der Waals surface area contributed by atoms with Gasteiger partial charge in [0.1, 0.15) is 11.6 Å². The standard InChI is InChI=1S/C19H14F4N4OS/c20-13-8-5-12(6-9-13)7-10-16-25-18(27-26-16)29-11-17(28)24-15-4-2-1-3-14(15)19(21,22)23/h1-10H,11H2,(H,24,28)(H,25,26,27)/b10-7+. The number of H-pyrrole nitrogens is 1. The summed E-state index contributed by atoms with van der Waals surface area (Å²) in [5.74, 6) is -0.693. The molecule has 0 saturated heterocycles. The lowest BCUT2D eigenvalue weighted by Crippen LogP contribution is -2.18. The predicted octanol–water partition coefficient (Wildman–Crippen LogP) is 4.86. The molecule has 3 aromatic rings. The van der Waals surface area contributed by atoms with E-state index >= 15 is 0 Å². The molecule has 0 aliphatic carbocycles. The van der Waals surface area contributed by atoms with Gasteiger partial charge in [0.05, 0.1) is 17.0 Å². The lowest BCUT2D eigenvalue weighted by Gasteiger charge is -2.13. The highest BCUT2D eigenvalue weighted by molar-refractivity contribution is 7.99. The lowest BCUT2D eigenvalue weighted by atomic mass is 10.1. The molecular weight excluding hydrogens is 408 g/mol. The molecule has 0 aliphatic heterocycles. The Bertz CT molecular complexity index is 1020. The molecule has 10 heteroatoms. The maximum atomic E-state index is 13.0. The minimum absolute atomic E-state index is 0.162. The van der Waals surface area contributed by atoms with Crippen LogP contribution >= 0.6 is 11.8 Å². The molecule has 2 aromatic carbocycles. The molecule has 0 radical (unpaired) electrons. The summed E-state index contributed by atoms with van der Waals surface area (Å²) in [6.45, 7) is 0. The number of halogens is 4. The van der Waals surface area contributed by atoms with Gasteiger partial charge < -0.3 is 5.32 Å². The second-order valence-corrected chi connectivity index (χ2v) is 6.71. The van der Waals surface area contributed by atoms with Gasteiger partial charge in [0.25, 0.3) is 0 Å². The van der Waals surface area contributed by atoms with Crippen LogP contribution < -0.4 is 5.32 Å². The first kappa shape index (κ1) is 20.6. The van der Waals surface area contributed by atoms with Crippen molar-refractivity contribution in [3.63, 3.8) is 0 Å². The van der Waals surface area contributed by atoms with E-state index in [1.807, 2.05) is 0 Å². The first-order valence-corrected chi connectivity index (χ1v) is 9.25. The fourth-order valence-corrected chi connectivity index (χ4v) is 2.91. The smallest absolute Gasteiger partial charge is 0.325 e. The number of aromatic amines is 1. The van der Waals surface area contributed by atoms with E-state index in [2.05, 4.69) is 20.5 Å². The zero-order valence-electron chi connectivity index (χ0n) is 14.7. The normalized spacial score (nSPS) is 11.7. The molecule has 5 nitrogen and oxygen atoms in total. The monoisotopic (exact) mass is 422 g/mol. The molecule has 0 aliphatic rings. The number of hydrogen-bond acceptors (Lipinski definition) is 4. The van der Waals surface area contributed by atoms with E-state index in [9.17, 15) is 22.4 Å². The summed E-state index contributed by atoms with van der Waals surface area (Å²) in [6.07, 6.45) is -1.23. The van der Waals surface area contributed by atoms with Crippen molar-refractivity contribution >= 4 is 35.5 Å². The Morgan fingerprint density at radius 3 is 2.55 bits per heavy atom. The number of rotatable bonds is 6. The fourth-order valence-electron chi connectivity index (χ4n) is 2.30. The first-order chi connectivity index (χ1) is 13.8. The number of nitrogens with one attached hydrogen (secondary N) is 2. The number of para-hydroxylation sites is 1. The van der Waals surface area contributed by atoms with Crippen LogP contribution in [0.3, 0.4) is 0 Å². The zero-order chi connectivity index (χ0) is 20.9. The number of carbonyl (C=O) groups excluding carboxylic acids is 1. The summed E-state index contributed by atoms with van der Waals surface area (Å²) >= 11 is 0.975. The van der Waals surface area contributed by atoms with Crippen molar-refractivity contribution in [3.05, 3.63) is 71.3 Å². The van der Waals surface area contributed by atoms with E-state index < -0.39 is 17.6 Å². The Kier molecular flexibility index (Phi) is 6.32. The minimum atomic E-state index is -4.56. The van der Waals surface area contributed by atoms with Gasteiger partial charge in [-0.15, -0.1) is 5.10 Å². The molecule has 0 saturated carbocycles. The van der Waals surface area contributed by atoms with Crippen molar-refractivity contribution in [1.82, 2.24) is 15.2 Å². The fraction of sp³-hybridized carbons (Fsp3) is 0.105. The van der Waals surface area contributed by atoms with Gasteiger partial charge in [-0.1, -0.05) is 42.1 Å². The summed E-state index contributed by atoms with van der Waals surface area (Å²) in [6, 6.07) is 10.6. The van der Waals surface area contributed by atoms with E-state index in [0.29, 0.717) is 5.82 Å². The molecule has 29 heavy (non-hydrogen) atoms. The van der Waals surface area contributed by atoms with Crippen LogP contribution in [0.15, 0.2) is 53.7 Å². The van der Waals surface area contributed by atoms with E-state index in [1.165, 1.54) is 30.3 Å². The van der Waals surface area contributed by atoms with Crippen LogP contribution in [0, 0.1) is 5.82 Å². The number of nitrogens with zero attached hydrogens (tertiary/aromatic N) is 2. The second kappa shape index (κ2) is 8.91. The van der Waals surface area contributed by atoms with Gasteiger partial charge in [-0.3, -0.25) is 9.89 Å². The van der Waals surface area contributed by atoms with Crippen molar-refractivity contribution in [2.24, 2.45) is 0 Å². The number of alkyl halides is 3. The summed E-state index contributed by atoms with van der Waals surface area (Å²) in [7, 11) is 0. The van der Waals surface area contributed by atoms with Gasteiger partial charge in [0, 0.05) is 0 Å². The van der Waals surface area contributed by atoms with Gasteiger partial charge in [-0.25, -0.2) is 9.37 Å². The van der Waals surface area contributed by atoms with Crippen LogP contribution in [0.5, 0.6) is 0 Å². The van der Waals surface area contributed by atoms with Gasteiger partial charge in [0.2, 0.25) is 11.1 Å². The average molecular weight is 422 g/mol. The maximum Gasteiger partial charge on any atom is 0.418 e. The lowest BCUT2D eigenvalue weighted by molar-refractivity contribution is -0.137. The largest absolute Gasteiger partial charge is 0.418 e. The van der Waals surface area contributed by atoms with Gasteiger partial charge in [0.15, 0.2) is 0 Å². The van der Waals surface area contributed by atoms with E-state index in [1.54, 1.807) is 24.3 Å². The third kappa shape index (κ3) is 5.92. The van der Waals surface area contributed by atoms with Gasteiger partial charge in [-0.05, 0) is 35.9 Å². The highest BCUT2D eigenvalue weighted by Crippen LogP contribution is 2.34. The highest BCUT2D eigenvalue weighted by atomic mass is 32.2. The second-order valence-electron chi connectivity index (χ2n) is 5.77. The summed E-state index contributed by atoms with van der Waals surface area (Å²) in [5.41, 5.74) is -0.451. The number of hydrogen-bond donors (Lipinski definition) is 2. The topological polar surface area (TPSA) is 70.7 Å².